The van der Waals surface area contributed by atoms with Crippen molar-refractivity contribution in [1.29, 1.82) is 0 Å². The van der Waals surface area contributed by atoms with Crippen molar-refractivity contribution in [2.45, 2.75) is 64.6 Å². The molecule has 3 heteroatoms. The number of aromatic nitrogens is 1. The quantitative estimate of drug-likeness (QED) is 0.856. The molecule has 3 nitrogen and oxygen atoms in total. The third kappa shape index (κ3) is 3.90. The molecule has 0 saturated carbocycles. The summed E-state index contributed by atoms with van der Waals surface area (Å²) in [6, 6.07) is 7.74. The van der Waals surface area contributed by atoms with Crippen molar-refractivity contribution >= 4 is 17.0 Å². The second-order valence-corrected chi connectivity index (χ2v) is 7.94. The SMILES string of the molecule is CC(C)N1CCC[C@@H]1Cc1c[nH]c2ccc(C=CC(C)(C)O)cc12. The van der Waals surface area contributed by atoms with Gasteiger partial charge < -0.3 is 10.1 Å². The number of aromatic amines is 1. The Bertz CT molecular complexity index is 721. The zero-order valence-electron chi connectivity index (χ0n) is 15.3. The van der Waals surface area contributed by atoms with Crippen LogP contribution in [-0.4, -0.2) is 39.2 Å². The molecule has 1 saturated heterocycles. The van der Waals surface area contributed by atoms with Crippen LogP contribution in [0, 0.1) is 0 Å². The van der Waals surface area contributed by atoms with Crippen molar-refractivity contribution < 1.29 is 5.11 Å². The van der Waals surface area contributed by atoms with Crippen LogP contribution in [0.1, 0.15) is 51.7 Å². The van der Waals surface area contributed by atoms with Crippen molar-refractivity contribution in [3.8, 4) is 0 Å². The third-order valence-corrected chi connectivity index (χ3v) is 5.02. The second kappa shape index (κ2) is 6.73. The molecule has 0 aliphatic carbocycles. The average Bonchev–Trinajstić information content (AvgIpc) is 3.12. The average molecular weight is 326 g/mol. The maximum Gasteiger partial charge on any atom is 0.0774 e. The number of hydrogen-bond donors (Lipinski definition) is 2. The van der Waals surface area contributed by atoms with Gasteiger partial charge in [0.15, 0.2) is 0 Å². The van der Waals surface area contributed by atoms with E-state index in [0.717, 1.165) is 12.0 Å². The minimum Gasteiger partial charge on any atom is -0.386 e. The number of nitrogens with one attached hydrogen (secondary N) is 1. The van der Waals surface area contributed by atoms with E-state index in [-0.39, 0.29) is 0 Å². The Balaban J connectivity index is 1.85. The van der Waals surface area contributed by atoms with Gasteiger partial charge in [0.2, 0.25) is 0 Å². The predicted octanol–water partition coefficient (Wildman–Crippen LogP) is 4.37. The van der Waals surface area contributed by atoms with Crippen LogP contribution in [0.3, 0.4) is 0 Å². The summed E-state index contributed by atoms with van der Waals surface area (Å²) in [4.78, 5) is 6.05. The predicted molar refractivity (Wildman–Crippen MR) is 102 cm³/mol. The molecule has 1 aliphatic heterocycles. The minimum atomic E-state index is -0.780. The Morgan fingerprint density at radius 3 is 2.88 bits per heavy atom. The molecule has 1 aromatic carbocycles. The van der Waals surface area contributed by atoms with Gasteiger partial charge in [0.1, 0.15) is 0 Å². The first-order valence-corrected chi connectivity index (χ1v) is 9.11. The van der Waals surface area contributed by atoms with E-state index in [0.29, 0.717) is 12.1 Å². The van der Waals surface area contributed by atoms with Gasteiger partial charge in [0.25, 0.3) is 0 Å². The zero-order chi connectivity index (χ0) is 17.3. The Morgan fingerprint density at radius 1 is 1.38 bits per heavy atom. The molecule has 1 aliphatic rings. The molecule has 1 atom stereocenters. The Morgan fingerprint density at radius 2 is 2.17 bits per heavy atom. The molecular weight excluding hydrogens is 296 g/mol. The number of rotatable bonds is 5. The summed E-state index contributed by atoms with van der Waals surface area (Å²) in [5.41, 5.74) is 2.95. The topological polar surface area (TPSA) is 39.3 Å². The van der Waals surface area contributed by atoms with Crippen LogP contribution in [0.25, 0.3) is 17.0 Å². The molecule has 2 heterocycles. The number of H-pyrrole nitrogens is 1. The van der Waals surface area contributed by atoms with Gasteiger partial charge in [-0.05, 0) is 76.8 Å². The largest absolute Gasteiger partial charge is 0.386 e. The first-order chi connectivity index (χ1) is 11.3. The van der Waals surface area contributed by atoms with E-state index < -0.39 is 5.60 Å². The van der Waals surface area contributed by atoms with Crippen LogP contribution >= 0.6 is 0 Å². The summed E-state index contributed by atoms with van der Waals surface area (Å²) in [7, 11) is 0. The lowest BCUT2D eigenvalue weighted by Gasteiger charge is -2.28. The highest BCUT2D eigenvalue weighted by molar-refractivity contribution is 5.85. The molecule has 130 valence electrons. The molecule has 0 unspecified atom stereocenters. The fourth-order valence-electron chi connectivity index (χ4n) is 3.78. The normalized spacial score (nSPS) is 20.0. The minimum absolute atomic E-state index is 0.619. The smallest absolute Gasteiger partial charge is 0.0774 e. The first kappa shape index (κ1) is 17.2. The monoisotopic (exact) mass is 326 g/mol. The summed E-state index contributed by atoms with van der Waals surface area (Å²) in [5.74, 6) is 0. The second-order valence-electron chi connectivity index (χ2n) is 7.94. The molecule has 0 radical (unpaired) electrons. The van der Waals surface area contributed by atoms with Crippen LogP contribution < -0.4 is 0 Å². The van der Waals surface area contributed by atoms with Crippen LogP contribution in [0.4, 0.5) is 0 Å². The molecule has 3 rings (SSSR count). The number of aliphatic hydroxyl groups is 1. The molecular formula is C21H30N2O. The number of hydrogen-bond acceptors (Lipinski definition) is 2. The molecule has 0 amide bonds. The first-order valence-electron chi connectivity index (χ1n) is 9.11. The van der Waals surface area contributed by atoms with Crippen LogP contribution in [0.2, 0.25) is 0 Å². The van der Waals surface area contributed by atoms with E-state index in [9.17, 15) is 5.11 Å². The van der Waals surface area contributed by atoms with E-state index >= 15 is 0 Å². The molecule has 0 bridgehead atoms. The van der Waals surface area contributed by atoms with Crippen molar-refractivity contribution in [3.63, 3.8) is 0 Å². The Labute approximate surface area is 145 Å². The number of likely N-dealkylation sites (tertiary alicyclic amines) is 1. The zero-order valence-corrected chi connectivity index (χ0v) is 15.3. The van der Waals surface area contributed by atoms with Crippen molar-refractivity contribution in [3.05, 3.63) is 41.6 Å². The standard InChI is InChI=1S/C21H30N2O/c1-15(2)23-11-5-6-18(23)13-17-14-22-20-8-7-16(12-19(17)20)9-10-21(3,4)24/h7-10,12,14-15,18,22,24H,5-6,11,13H2,1-4H3/t18-/m1/s1. The van der Waals surface area contributed by atoms with E-state index in [1.165, 1.54) is 35.9 Å². The lowest BCUT2D eigenvalue weighted by molar-refractivity contribution is 0.134. The summed E-state index contributed by atoms with van der Waals surface area (Å²) in [5, 5.41) is 11.2. The lowest BCUT2D eigenvalue weighted by atomic mass is 10.0. The Hall–Kier alpha value is -1.58. The van der Waals surface area contributed by atoms with E-state index in [4.69, 9.17) is 0 Å². The van der Waals surface area contributed by atoms with E-state index in [1.807, 2.05) is 12.2 Å². The third-order valence-electron chi connectivity index (χ3n) is 5.02. The van der Waals surface area contributed by atoms with Gasteiger partial charge in [-0.1, -0.05) is 18.2 Å². The molecule has 0 spiro atoms. The molecule has 2 N–H and O–H groups in total. The lowest BCUT2D eigenvalue weighted by Crippen LogP contribution is -2.36. The van der Waals surface area contributed by atoms with Crippen LogP contribution in [-0.2, 0) is 6.42 Å². The summed E-state index contributed by atoms with van der Waals surface area (Å²) in [6.07, 6.45) is 9.74. The maximum atomic E-state index is 9.88. The summed E-state index contributed by atoms with van der Waals surface area (Å²) < 4.78 is 0. The molecule has 2 aromatic rings. The molecule has 1 fully saturated rings. The van der Waals surface area contributed by atoms with Crippen LogP contribution in [0.15, 0.2) is 30.5 Å². The highest BCUT2D eigenvalue weighted by atomic mass is 16.3. The Kier molecular flexibility index (Phi) is 4.84. The number of benzene rings is 1. The highest BCUT2D eigenvalue weighted by Gasteiger charge is 2.27. The fraction of sp³-hybridized carbons (Fsp3) is 0.524. The number of nitrogens with zero attached hydrogens (tertiary/aromatic N) is 1. The van der Waals surface area contributed by atoms with Crippen LogP contribution in [0.5, 0.6) is 0 Å². The van der Waals surface area contributed by atoms with Gasteiger partial charge in [-0.3, -0.25) is 4.90 Å². The summed E-state index contributed by atoms with van der Waals surface area (Å²) >= 11 is 0. The van der Waals surface area contributed by atoms with Gasteiger partial charge in [0.05, 0.1) is 5.60 Å². The van der Waals surface area contributed by atoms with Gasteiger partial charge in [-0.15, -0.1) is 0 Å². The van der Waals surface area contributed by atoms with Crippen molar-refractivity contribution in [2.24, 2.45) is 0 Å². The fourth-order valence-corrected chi connectivity index (χ4v) is 3.78. The summed E-state index contributed by atoms with van der Waals surface area (Å²) in [6.45, 7) is 9.42. The number of fused-ring (bicyclic) bond motifs is 1. The molecule has 24 heavy (non-hydrogen) atoms. The maximum absolute atomic E-state index is 9.88. The van der Waals surface area contributed by atoms with Gasteiger partial charge >= 0.3 is 0 Å². The van der Waals surface area contributed by atoms with Gasteiger partial charge in [0, 0.05) is 29.2 Å². The van der Waals surface area contributed by atoms with Gasteiger partial charge in [-0.2, -0.15) is 0 Å². The van der Waals surface area contributed by atoms with E-state index in [2.05, 4.69) is 48.1 Å². The van der Waals surface area contributed by atoms with E-state index in [1.54, 1.807) is 13.8 Å². The van der Waals surface area contributed by atoms with Crippen molar-refractivity contribution in [1.82, 2.24) is 9.88 Å². The van der Waals surface area contributed by atoms with Gasteiger partial charge in [-0.25, -0.2) is 0 Å². The van der Waals surface area contributed by atoms with Crippen molar-refractivity contribution in [2.75, 3.05) is 6.54 Å². The molecule has 1 aromatic heterocycles. The highest BCUT2D eigenvalue weighted by Crippen LogP contribution is 2.28.